The minimum Gasteiger partial charge on any atom is -0.494 e. The summed E-state index contributed by atoms with van der Waals surface area (Å²) in [5.74, 6) is 0.301. The molecular formula is C33H41N7O6. The molecule has 2 aromatic heterocycles. The summed E-state index contributed by atoms with van der Waals surface area (Å²) in [7, 11) is 0. The van der Waals surface area contributed by atoms with Gasteiger partial charge in [0.2, 0.25) is 0 Å². The standard InChI is InChI=1S/C33H41N7O6/c1-33(2,3)46-32(44)35-14-7-15-45-24-12-10-22(11-13-24)31(43)39(17-21-8-5-4-6-9-21)18-23-16-25(41)28(42)27(23)40-20-38-26-29(34)36-19-37-30(26)40/h4-6,8-13,19-20,23,25,27-28,41-42H,7,14-18H2,1-3H3,(H,35,44)(H2,34,36,37)/t23-,25-,27-,28-/m0/s1. The second-order valence-electron chi connectivity index (χ2n) is 12.5. The first-order valence-electron chi connectivity index (χ1n) is 15.3. The quantitative estimate of drug-likeness (QED) is 0.180. The molecule has 13 nitrogen and oxygen atoms in total. The Balaban J connectivity index is 1.28. The SMILES string of the molecule is CC(C)(C)OC(=O)NCCCOc1ccc(C(=O)N(Cc2ccccc2)C[C@@H]2C[C@H](O)[C@H](O)[C@H]2n2cnc3c(N)ncnc32)cc1. The van der Waals surface area contributed by atoms with Gasteiger partial charge < -0.3 is 40.2 Å². The number of carbonyl (C=O) groups is 2. The van der Waals surface area contributed by atoms with Gasteiger partial charge in [-0.1, -0.05) is 30.3 Å². The van der Waals surface area contributed by atoms with Crippen LogP contribution in [0.2, 0.25) is 0 Å². The number of nitrogen functional groups attached to an aromatic ring is 1. The fourth-order valence-corrected chi connectivity index (χ4v) is 5.71. The fraction of sp³-hybridized carbons (Fsp3) is 0.424. The van der Waals surface area contributed by atoms with E-state index in [0.717, 1.165) is 5.56 Å². The van der Waals surface area contributed by atoms with Crippen LogP contribution in [0.15, 0.2) is 67.3 Å². The van der Waals surface area contributed by atoms with Crippen LogP contribution in [0.4, 0.5) is 10.6 Å². The number of ether oxygens (including phenoxy) is 2. The summed E-state index contributed by atoms with van der Waals surface area (Å²) in [6, 6.07) is 16.0. The van der Waals surface area contributed by atoms with Crippen LogP contribution in [0.5, 0.6) is 5.75 Å². The number of amides is 2. The number of nitrogens with two attached hydrogens (primary N) is 1. The topological polar surface area (TPSA) is 178 Å². The van der Waals surface area contributed by atoms with Crippen molar-refractivity contribution in [2.75, 3.05) is 25.4 Å². The van der Waals surface area contributed by atoms with Crippen LogP contribution in [-0.4, -0.2) is 84.1 Å². The molecule has 2 heterocycles. The lowest BCUT2D eigenvalue weighted by Gasteiger charge is -2.30. The normalized spacial score (nSPS) is 19.6. The number of fused-ring (bicyclic) bond motifs is 1. The number of carbonyl (C=O) groups excluding carboxylic acids is 2. The molecule has 4 aromatic rings. The van der Waals surface area contributed by atoms with Gasteiger partial charge in [-0.2, -0.15) is 0 Å². The Bertz CT molecular complexity index is 1620. The average Bonchev–Trinajstić information content (AvgIpc) is 3.56. The fourth-order valence-electron chi connectivity index (χ4n) is 5.71. The van der Waals surface area contributed by atoms with Crippen LogP contribution in [0.1, 0.15) is 55.6 Å². The van der Waals surface area contributed by atoms with Crippen molar-refractivity contribution in [3.8, 4) is 5.75 Å². The van der Waals surface area contributed by atoms with Crippen molar-refractivity contribution in [2.24, 2.45) is 5.92 Å². The Labute approximate surface area is 267 Å². The van der Waals surface area contributed by atoms with E-state index in [4.69, 9.17) is 15.2 Å². The first-order valence-corrected chi connectivity index (χ1v) is 15.3. The van der Waals surface area contributed by atoms with Crippen molar-refractivity contribution in [1.82, 2.24) is 29.7 Å². The van der Waals surface area contributed by atoms with Gasteiger partial charge >= 0.3 is 6.09 Å². The zero-order chi connectivity index (χ0) is 32.8. The number of aliphatic hydroxyl groups is 2. The number of anilines is 1. The molecule has 0 saturated heterocycles. The number of benzene rings is 2. The molecule has 1 aliphatic rings. The lowest BCUT2D eigenvalue weighted by Crippen LogP contribution is -2.38. The van der Waals surface area contributed by atoms with Crippen LogP contribution in [-0.2, 0) is 11.3 Å². The minimum absolute atomic E-state index is 0.200. The highest BCUT2D eigenvalue weighted by atomic mass is 16.6. The monoisotopic (exact) mass is 631 g/mol. The van der Waals surface area contributed by atoms with Crippen molar-refractivity contribution < 1.29 is 29.3 Å². The Morgan fingerprint density at radius 2 is 1.80 bits per heavy atom. The maximum Gasteiger partial charge on any atom is 0.407 e. The van der Waals surface area contributed by atoms with Gasteiger partial charge in [0.15, 0.2) is 11.5 Å². The summed E-state index contributed by atoms with van der Waals surface area (Å²) < 4.78 is 12.8. The number of alkyl carbamates (subject to hydrolysis) is 1. The van der Waals surface area contributed by atoms with Crippen LogP contribution in [0.3, 0.4) is 0 Å². The van der Waals surface area contributed by atoms with Gasteiger partial charge in [0.25, 0.3) is 5.91 Å². The molecule has 5 rings (SSSR count). The van der Waals surface area contributed by atoms with E-state index in [9.17, 15) is 19.8 Å². The smallest absolute Gasteiger partial charge is 0.407 e. The van der Waals surface area contributed by atoms with Crippen LogP contribution in [0, 0.1) is 5.92 Å². The van der Waals surface area contributed by atoms with E-state index < -0.39 is 29.9 Å². The number of hydrogen-bond acceptors (Lipinski definition) is 10. The lowest BCUT2D eigenvalue weighted by molar-refractivity contribution is 0.0223. The maximum atomic E-state index is 14.0. The predicted octanol–water partition coefficient (Wildman–Crippen LogP) is 3.33. The van der Waals surface area contributed by atoms with Crippen LogP contribution < -0.4 is 15.8 Å². The Morgan fingerprint density at radius 3 is 2.52 bits per heavy atom. The van der Waals surface area contributed by atoms with E-state index in [-0.39, 0.29) is 30.6 Å². The van der Waals surface area contributed by atoms with Gasteiger partial charge in [0, 0.05) is 31.1 Å². The highest BCUT2D eigenvalue weighted by Gasteiger charge is 2.44. The second kappa shape index (κ2) is 14.1. The summed E-state index contributed by atoms with van der Waals surface area (Å²) >= 11 is 0. The highest BCUT2D eigenvalue weighted by molar-refractivity contribution is 5.94. The largest absolute Gasteiger partial charge is 0.494 e. The van der Waals surface area contributed by atoms with Gasteiger partial charge in [0.1, 0.15) is 29.3 Å². The predicted molar refractivity (Wildman–Crippen MR) is 171 cm³/mol. The van der Waals surface area contributed by atoms with E-state index >= 15 is 0 Å². The number of nitrogens with one attached hydrogen (secondary N) is 1. The van der Waals surface area contributed by atoms with E-state index in [0.29, 0.717) is 48.6 Å². The molecule has 1 aliphatic carbocycles. The number of rotatable bonds is 11. The molecule has 244 valence electrons. The van der Waals surface area contributed by atoms with Gasteiger partial charge in [0.05, 0.1) is 25.1 Å². The molecule has 0 unspecified atom stereocenters. The van der Waals surface area contributed by atoms with Crippen molar-refractivity contribution in [3.05, 3.63) is 78.4 Å². The first kappa shape index (κ1) is 32.6. The molecular weight excluding hydrogens is 590 g/mol. The van der Waals surface area contributed by atoms with Crippen molar-refractivity contribution in [3.63, 3.8) is 0 Å². The number of aliphatic hydroxyl groups excluding tert-OH is 2. The third kappa shape index (κ3) is 7.90. The lowest BCUT2D eigenvalue weighted by atomic mass is 10.0. The Hall–Kier alpha value is -4.75. The van der Waals surface area contributed by atoms with E-state index in [1.807, 2.05) is 30.3 Å². The number of aromatic nitrogens is 4. The average molecular weight is 632 g/mol. The summed E-state index contributed by atoms with van der Waals surface area (Å²) in [5.41, 5.74) is 7.72. The van der Waals surface area contributed by atoms with Gasteiger partial charge in [-0.15, -0.1) is 0 Å². The molecule has 2 aromatic carbocycles. The molecule has 0 radical (unpaired) electrons. The molecule has 1 saturated carbocycles. The van der Waals surface area contributed by atoms with Crippen molar-refractivity contribution >= 4 is 29.0 Å². The third-order valence-electron chi connectivity index (χ3n) is 7.80. The van der Waals surface area contributed by atoms with Gasteiger partial charge in [-0.05, 0) is 63.4 Å². The highest BCUT2D eigenvalue weighted by Crippen LogP contribution is 2.39. The summed E-state index contributed by atoms with van der Waals surface area (Å²) in [5, 5.41) is 24.5. The Kier molecular flexibility index (Phi) is 10.0. The van der Waals surface area contributed by atoms with E-state index in [1.54, 1.807) is 60.8 Å². The number of imidazole rings is 1. The molecule has 5 N–H and O–H groups in total. The van der Waals surface area contributed by atoms with E-state index in [2.05, 4.69) is 20.3 Å². The van der Waals surface area contributed by atoms with Crippen LogP contribution >= 0.6 is 0 Å². The molecule has 0 bridgehead atoms. The number of nitrogens with zero attached hydrogens (tertiary/aromatic N) is 5. The first-order chi connectivity index (χ1) is 22.0. The minimum atomic E-state index is -1.09. The summed E-state index contributed by atoms with van der Waals surface area (Å²) in [6.45, 7) is 6.79. The summed E-state index contributed by atoms with van der Waals surface area (Å²) in [4.78, 5) is 40.2. The van der Waals surface area contributed by atoms with Gasteiger partial charge in [-0.3, -0.25) is 4.79 Å². The third-order valence-corrected chi connectivity index (χ3v) is 7.80. The molecule has 1 fully saturated rings. The van der Waals surface area contributed by atoms with Crippen molar-refractivity contribution in [2.45, 2.75) is 64.0 Å². The molecule has 46 heavy (non-hydrogen) atoms. The molecule has 0 spiro atoms. The van der Waals surface area contributed by atoms with Gasteiger partial charge in [-0.25, -0.2) is 19.7 Å². The van der Waals surface area contributed by atoms with Crippen LogP contribution in [0.25, 0.3) is 11.2 Å². The molecule has 0 aliphatic heterocycles. The van der Waals surface area contributed by atoms with Crippen molar-refractivity contribution in [1.29, 1.82) is 0 Å². The van der Waals surface area contributed by atoms with E-state index in [1.165, 1.54) is 6.33 Å². The second-order valence-corrected chi connectivity index (χ2v) is 12.5. The number of hydrogen-bond donors (Lipinski definition) is 4. The summed E-state index contributed by atoms with van der Waals surface area (Å²) in [6.07, 6.45) is 1.18. The maximum absolute atomic E-state index is 14.0. The Morgan fingerprint density at radius 1 is 1.07 bits per heavy atom. The molecule has 13 heteroatoms. The zero-order valence-corrected chi connectivity index (χ0v) is 26.2. The molecule has 2 amide bonds. The molecule has 4 atom stereocenters. The zero-order valence-electron chi connectivity index (χ0n) is 26.2.